The summed E-state index contributed by atoms with van der Waals surface area (Å²) in [4.78, 5) is 0.185. The van der Waals surface area contributed by atoms with Crippen molar-refractivity contribution < 1.29 is 8.42 Å². The Morgan fingerprint density at radius 2 is 2.32 bits per heavy atom. The number of nitriles is 1. The molecular formula is C13H17N3O2S. The van der Waals surface area contributed by atoms with Crippen molar-refractivity contribution in [3.05, 3.63) is 29.3 Å². The van der Waals surface area contributed by atoms with E-state index in [4.69, 9.17) is 5.26 Å². The zero-order valence-corrected chi connectivity index (χ0v) is 11.6. The first-order valence-corrected chi connectivity index (χ1v) is 7.75. The maximum Gasteiger partial charge on any atom is 0.240 e. The van der Waals surface area contributed by atoms with Gasteiger partial charge in [-0.2, -0.15) is 5.26 Å². The van der Waals surface area contributed by atoms with E-state index in [0.717, 1.165) is 19.4 Å². The van der Waals surface area contributed by atoms with Crippen molar-refractivity contribution in [2.75, 3.05) is 13.1 Å². The molecule has 0 spiro atoms. The summed E-state index contributed by atoms with van der Waals surface area (Å²) in [7, 11) is -3.55. The Morgan fingerprint density at radius 3 is 2.95 bits per heavy atom. The van der Waals surface area contributed by atoms with E-state index in [2.05, 4.69) is 10.0 Å². The quantitative estimate of drug-likeness (QED) is 0.858. The zero-order chi connectivity index (χ0) is 13.9. The molecule has 6 heteroatoms. The van der Waals surface area contributed by atoms with E-state index in [-0.39, 0.29) is 10.9 Å². The van der Waals surface area contributed by atoms with Crippen LogP contribution in [0.3, 0.4) is 0 Å². The summed E-state index contributed by atoms with van der Waals surface area (Å²) in [5, 5.41) is 12.1. The SMILES string of the molecule is Cc1ccc(C#N)cc1S(=O)(=O)NC[C@@H]1CCCN1. The van der Waals surface area contributed by atoms with Crippen molar-refractivity contribution in [2.45, 2.75) is 30.7 Å². The van der Waals surface area contributed by atoms with Gasteiger partial charge in [-0.15, -0.1) is 0 Å². The van der Waals surface area contributed by atoms with Gasteiger partial charge < -0.3 is 5.32 Å². The average Bonchev–Trinajstić information content (AvgIpc) is 2.90. The third kappa shape index (κ3) is 3.32. The van der Waals surface area contributed by atoms with Gasteiger partial charge in [0.15, 0.2) is 0 Å². The van der Waals surface area contributed by atoms with Crippen LogP contribution < -0.4 is 10.0 Å². The molecular weight excluding hydrogens is 262 g/mol. The highest BCUT2D eigenvalue weighted by Crippen LogP contribution is 2.17. The highest BCUT2D eigenvalue weighted by Gasteiger charge is 2.20. The maximum absolute atomic E-state index is 12.2. The van der Waals surface area contributed by atoms with Gasteiger partial charge in [0.2, 0.25) is 10.0 Å². The minimum atomic E-state index is -3.55. The lowest BCUT2D eigenvalue weighted by molar-refractivity contribution is 0.551. The van der Waals surface area contributed by atoms with E-state index in [9.17, 15) is 8.42 Å². The number of nitrogens with zero attached hydrogens (tertiary/aromatic N) is 1. The van der Waals surface area contributed by atoms with Crippen LogP contribution in [0.2, 0.25) is 0 Å². The Hall–Kier alpha value is -1.42. The molecule has 102 valence electrons. The summed E-state index contributed by atoms with van der Waals surface area (Å²) < 4.78 is 27.1. The lowest BCUT2D eigenvalue weighted by atomic mass is 10.2. The van der Waals surface area contributed by atoms with Crippen LogP contribution in [0.5, 0.6) is 0 Å². The highest BCUT2D eigenvalue weighted by atomic mass is 32.2. The molecule has 1 aromatic carbocycles. The molecule has 0 unspecified atom stereocenters. The van der Waals surface area contributed by atoms with Crippen LogP contribution in [0.15, 0.2) is 23.1 Å². The predicted molar refractivity (Wildman–Crippen MR) is 72.1 cm³/mol. The van der Waals surface area contributed by atoms with Gasteiger partial charge in [0.05, 0.1) is 16.5 Å². The molecule has 1 aromatic rings. The van der Waals surface area contributed by atoms with Crippen LogP contribution in [0, 0.1) is 18.3 Å². The van der Waals surface area contributed by atoms with E-state index in [1.807, 2.05) is 6.07 Å². The topological polar surface area (TPSA) is 82.0 Å². The summed E-state index contributed by atoms with van der Waals surface area (Å²) in [5.41, 5.74) is 0.996. The number of rotatable bonds is 4. The standard InChI is InChI=1S/C13H17N3O2S/c1-10-4-5-11(8-14)7-13(10)19(17,18)16-9-12-3-2-6-15-12/h4-5,7,12,15-16H,2-3,6,9H2,1H3/t12-/m0/s1. The molecule has 0 aliphatic carbocycles. The number of aryl methyl sites for hydroxylation is 1. The van der Waals surface area contributed by atoms with Gasteiger partial charge >= 0.3 is 0 Å². The van der Waals surface area contributed by atoms with Gasteiger partial charge in [-0.1, -0.05) is 6.07 Å². The lowest BCUT2D eigenvalue weighted by Crippen LogP contribution is -2.37. The second-order valence-corrected chi connectivity index (χ2v) is 6.47. The molecule has 1 atom stereocenters. The van der Waals surface area contributed by atoms with Crippen LogP contribution >= 0.6 is 0 Å². The molecule has 1 heterocycles. The Bertz CT molecular complexity index is 599. The second-order valence-electron chi connectivity index (χ2n) is 4.74. The van der Waals surface area contributed by atoms with E-state index in [1.165, 1.54) is 6.07 Å². The third-order valence-electron chi connectivity index (χ3n) is 3.29. The summed E-state index contributed by atoms with van der Waals surface area (Å²) >= 11 is 0. The van der Waals surface area contributed by atoms with Gasteiger partial charge in [-0.05, 0) is 44.0 Å². The Labute approximate surface area is 113 Å². The molecule has 2 N–H and O–H groups in total. The van der Waals surface area contributed by atoms with E-state index < -0.39 is 10.0 Å². The molecule has 0 amide bonds. The van der Waals surface area contributed by atoms with Crippen molar-refractivity contribution in [3.8, 4) is 6.07 Å². The van der Waals surface area contributed by atoms with Gasteiger partial charge in [-0.3, -0.25) is 0 Å². The summed E-state index contributed by atoms with van der Waals surface area (Å²) in [5.74, 6) is 0. The number of sulfonamides is 1. The van der Waals surface area contributed by atoms with Gasteiger partial charge in [0.25, 0.3) is 0 Å². The van der Waals surface area contributed by atoms with Crippen LogP contribution in [-0.2, 0) is 10.0 Å². The maximum atomic E-state index is 12.2. The molecule has 1 aliphatic heterocycles. The first-order valence-electron chi connectivity index (χ1n) is 6.27. The molecule has 5 nitrogen and oxygen atoms in total. The van der Waals surface area contributed by atoms with Gasteiger partial charge in [0, 0.05) is 12.6 Å². The minimum Gasteiger partial charge on any atom is -0.313 e. The average molecular weight is 279 g/mol. The third-order valence-corrected chi connectivity index (χ3v) is 4.85. The monoisotopic (exact) mass is 279 g/mol. The Morgan fingerprint density at radius 1 is 1.53 bits per heavy atom. The molecule has 0 saturated carbocycles. The van der Waals surface area contributed by atoms with E-state index >= 15 is 0 Å². The molecule has 1 saturated heterocycles. The summed E-state index contributed by atoms with van der Waals surface area (Å²) in [6.07, 6.45) is 2.06. The van der Waals surface area contributed by atoms with Crippen molar-refractivity contribution >= 4 is 10.0 Å². The molecule has 1 aliphatic rings. The zero-order valence-electron chi connectivity index (χ0n) is 10.8. The van der Waals surface area contributed by atoms with Crippen molar-refractivity contribution in [3.63, 3.8) is 0 Å². The first-order chi connectivity index (χ1) is 9.03. The lowest BCUT2D eigenvalue weighted by Gasteiger charge is -2.13. The molecule has 0 aromatic heterocycles. The Kier molecular flexibility index (Phi) is 4.20. The number of hydrogen-bond acceptors (Lipinski definition) is 4. The smallest absolute Gasteiger partial charge is 0.240 e. The van der Waals surface area contributed by atoms with Gasteiger partial charge in [0.1, 0.15) is 0 Å². The number of nitrogens with one attached hydrogen (secondary N) is 2. The van der Waals surface area contributed by atoms with Gasteiger partial charge in [-0.25, -0.2) is 13.1 Å². The normalized spacial score (nSPS) is 19.3. The summed E-state index contributed by atoms with van der Waals surface area (Å²) in [6.45, 7) is 3.05. The fraction of sp³-hybridized carbons (Fsp3) is 0.462. The molecule has 1 fully saturated rings. The molecule has 0 bridgehead atoms. The van der Waals surface area contributed by atoms with Crippen LogP contribution in [-0.4, -0.2) is 27.5 Å². The molecule has 2 rings (SSSR count). The fourth-order valence-corrected chi connectivity index (χ4v) is 3.53. The minimum absolute atomic E-state index is 0.185. The highest BCUT2D eigenvalue weighted by molar-refractivity contribution is 7.89. The van der Waals surface area contributed by atoms with E-state index in [0.29, 0.717) is 17.7 Å². The fourth-order valence-electron chi connectivity index (χ4n) is 2.18. The largest absolute Gasteiger partial charge is 0.313 e. The summed E-state index contributed by atoms with van der Waals surface area (Å²) in [6, 6.07) is 6.85. The number of hydrogen-bond donors (Lipinski definition) is 2. The van der Waals surface area contributed by atoms with Crippen LogP contribution in [0.1, 0.15) is 24.0 Å². The van der Waals surface area contributed by atoms with Crippen molar-refractivity contribution in [2.24, 2.45) is 0 Å². The number of benzene rings is 1. The van der Waals surface area contributed by atoms with Crippen LogP contribution in [0.4, 0.5) is 0 Å². The molecule has 19 heavy (non-hydrogen) atoms. The van der Waals surface area contributed by atoms with E-state index in [1.54, 1.807) is 19.1 Å². The first kappa shape index (κ1) is 14.0. The van der Waals surface area contributed by atoms with Crippen molar-refractivity contribution in [1.82, 2.24) is 10.0 Å². The predicted octanol–water partition coefficient (Wildman–Crippen LogP) is 0.897. The molecule has 0 radical (unpaired) electrons. The second kappa shape index (κ2) is 5.70. The van der Waals surface area contributed by atoms with Crippen molar-refractivity contribution in [1.29, 1.82) is 5.26 Å². The van der Waals surface area contributed by atoms with Crippen LogP contribution in [0.25, 0.3) is 0 Å². The Balaban J connectivity index is 2.16.